The summed E-state index contributed by atoms with van der Waals surface area (Å²) < 4.78 is 0. The minimum absolute atomic E-state index is 0.424. The Morgan fingerprint density at radius 1 is 0.941 bits per heavy atom. The molecule has 3 rings (SSSR count). The second-order valence-corrected chi connectivity index (χ2v) is 3.97. The van der Waals surface area contributed by atoms with Gasteiger partial charge in [-0.1, -0.05) is 24.3 Å². The summed E-state index contributed by atoms with van der Waals surface area (Å²) in [5.74, 6) is -1.98. The quantitative estimate of drug-likeness (QED) is 0.660. The summed E-state index contributed by atoms with van der Waals surface area (Å²) in [6.07, 6.45) is 1.27. The number of hydrogen-bond acceptors (Lipinski definition) is 3. The van der Waals surface area contributed by atoms with Gasteiger partial charge in [-0.05, 0) is 34.2 Å². The zero-order valence-electron chi connectivity index (χ0n) is 8.81. The monoisotopic (exact) mass is 224 g/mol. The molecule has 2 aromatic carbocycles. The summed E-state index contributed by atoms with van der Waals surface area (Å²) in [5.41, 5.74) is 0. The number of aliphatic hydroxyl groups excluding tert-OH is 1. The van der Waals surface area contributed by atoms with Crippen LogP contribution in [0.15, 0.2) is 36.4 Å². The van der Waals surface area contributed by atoms with Crippen LogP contribution in [0.1, 0.15) is 0 Å². The van der Waals surface area contributed by atoms with Crippen molar-refractivity contribution in [2.45, 2.75) is 0 Å². The molecule has 0 saturated carbocycles. The summed E-state index contributed by atoms with van der Waals surface area (Å²) in [6, 6.07) is 11.1. The molecule has 0 bridgehead atoms. The molecule has 0 atom stereocenters. The number of rotatable bonds is 0. The van der Waals surface area contributed by atoms with Gasteiger partial charge in [-0.2, -0.15) is 0 Å². The summed E-state index contributed by atoms with van der Waals surface area (Å²) in [4.78, 5) is 22.7. The Bertz CT molecular complexity index is 785. The molecule has 3 heteroatoms. The van der Waals surface area contributed by atoms with Crippen LogP contribution < -0.4 is 10.4 Å². The number of aliphatic hydroxyl groups is 1. The van der Waals surface area contributed by atoms with E-state index < -0.39 is 17.3 Å². The molecular formula is C14H8O3. The molecule has 0 aliphatic heterocycles. The lowest BCUT2D eigenvalue weighted by Gasteiger charge is -2.05. The normalized spacial score (nSPS) is 14.7. The molecule has 3 nitrogen and oxygen atoms in total. The van der Waals surface area contributed by atoms with Gasteiger partial charge < -0.3 is 5.11 Å². The SMILES string of the molecule is O=C1C=c2cc3ccccc3cc2=C(O)C1=O. The van der Waals surface area contributed by atoms with E-state index >= 15 is 0 Å². The lowest BCUT2D eigenvalue weighted by atomic mass is 10.0. The molecule has 0 amide bonds. The minimum Gasteiger partial charge on any atom is -0.504 e. The fourth-order valence-electron chi connectivity index (χ4n) is 2.03. The summed E-state index contributed by atoms with van der Waals surface area (Å²) >= 11 is 0. The first-order chi connectivity index (χ1) is 8.16. The van der Waals surface area contributed by atoms with E-state index in [9.17, 15) is 14.7 Å². The topological polar surface area (TPSA) is 54.4 Å². The average Bonchev–Trinajstić information content (AvgIpc) is 2.34. The van der Waals surface area contributed by atoms with Gasteiger partial charge in [0.1, 0.15) is 0 Å². The van der Waals surface area contributed by atoms with E-state index in [4.69, 9.17) is 0 Å². The Labute approximate surface area is 96.3 Å². The Hall–Kier alpha value is -2.42. The second-order valence-electron chi connectivity index (χ2n) is 3.97. The lowest BCUT2D eigenvalue weighted by molar-refractivity contribution is -0.130. The largest absolute Gasteiger partial charge is 0.504 e. The lowest BCUT2D eigenvalue weighted by Crippen LogP contribution is -2.37. The van der Waals surface area contributed by atoms with Crippen LogP contribution in [0.2, 0.25) is 0 Å². The van der Waals surface area contributed by atoms with Crippen molar-refractivity contribution in [1.29, 1.82) is 0 Å². The van der Waals surface area contributed by atoms with Crippen molar-refractivity contribution < 1.29 is 14.7 Å². The van der Waals surface area contributed by atoms with Gasteiger partial charge in [0.2, 0.25) is 5.78 Å². The summed E-state index contributed by atoms with van der Waals surface area (Å²) in [7, 11) is 0. The number of carbonyl (C=O) groups excluding carboxylic acids is 2. The van der Waals surface area contributed by atoms with Crippen molar-refractivity contribution in [3.8, 4) is 0 Å². The first-order valence-electron chi connectivity index (χ1n) is 5.19. The number of ketones is 2. The highest BCUT2D eigenvalue weighted by Gasteiger charge is 2.20. The fraction of sp³-hybridized carbons (Fsp3) is 0. The van der Waals surface area contributed by atoms with Gasteiger partial charge in [0.15, 0.2) is 5.76 Å². The van der Waals surface area contributed by atoms with Gasteiger partial charge in [0, 0.05) is 5.22 Å². The molecule has 0 unspecified atom stereocenters. The van der Waals surface area contributed by atoms with Gasteiger partial charge in [-0.3, -0.25) is 9.59 Å². The van der Waals surface area contributed by atoms with E-state index in [1.165, 1.54) is 6.08 Å². The highest BCUT2D eigenvalue weighted by Crippen LogP contribution is 2.09. The number of fused-ring (bicyclic) bond motifs is 2. The standard InChI is InChI=1S/C14H8O3/c15-12-7-10-5-8-3-1-2-4-9(8)6-11(10)13(16)14(12)17/h1-7,16H. The van der Waals surface area contributed by atoms with Crippen molar-refractivity contribution in [1.82, 2.24) is 0 Å². The first-order valence-corrected chi connectivity index (χ1v) is 5.19. The molecule has 0 aromatic heterocycles. The molecule has 0 radical (unpaired) electrons. The van der Waals surface area contributed by atoms with E-state index in [0.717, 1.165) is 10.8 Å². The molecule has 17 heavy (non-hydrogen) atoms. The van der Waals surface area contributed by atoms with E-state index in [-0.39, 0.29) is 0 Å². The molecule has 0 fully saturated rings. The van der Waals surface area contributed by atoms with Crippen LogP contribution in [0.5, 0.6) is 0 Å². The average molecular weight is 224 g/mol. The van der Waals surface area contributed by atoms with Crippen LogP contribution in [0, 0.1) is 0 Å². The molecule has 2 aromatic rings. The molecular weight excluding hydrogens is 216 g/mol. The number of Topliss-reactive ketones (excluding diaryl/α,β-unsaturated/α-hetero) is 2. The van der Waals surface area contributed by atoms with Gasteiger partial charge in [0.05, 0.1) is 0 Å². The zero-order chi connectivity index (χ0) is 12.0. The maximum absolute atomic E-state index is 11.4. The van der Waals surface area contributed by atoms with Gasteiger partial charge in [-0.25, -0.2) is 0 Å². The van der Waals surface area contributed by atoms with Crippen LogP contribution in [0.25, 0.3) is 22.6 Å². The van der Waals surface area contributed by atoms with E-state index in [2.05, 4.69) is 0 Å². The molecule has 1 aliphatic rings. The van der Waals surface area contributed by atoms with E-state index in [0.29, 0.717) is 10.4 Å². The molecule has 0 heterocycles. The first kappa shape index (κ1) is 9.78. The van der Waals surface area contributed by atoms with Gasteiger partial charge in [0.25, 0.3) is 5.78 Å². The number of hydrogen-bond donors (Lipinski definition) is 1. The fourth-order valence-corrected chi connectivity index (χ4v) is 2.03. The molecule has 0 spiro atoms. The van der Waals surface area contributed by atoms with Crippen molar-refractivity contribution >= 4 is 34.2 Å². The van der Waals surface area contributed by atoms with Crippen LogP contribution >= 0.6 is 0 Å². The van der Waals surface area contributed by atoms with E-state index in [1.54, 1.807) is 12.1 Å². The van der Waals surface area contributed by atoms with Crippen molar-refractivity contribution in [3.63, 3.8) is 0 Å². The number of carbonyl (C=O) groups is 2. The third-order valence-electron chi connectivity index (χ3n) is 2.90. The third-order valence-corrected chi connectivity index (χ3v) is 2.90. The van der Waals surface area contributed by atoms with Gasteiger partial charge >= 0.3 is 0 Å². The predicted octanol–water partition coefficient (Wildman–Crippen LogP) is 0.438. The Balaban J connectivity index is 2.56. The molecule has 0 saturated heterocycles. The third kappa shape index (κ3) is 1.36. The highest BCUT2D eigenvalue weighted by atomic mass is 16.3. The van der Waals surface area contributed by atoms with Crippen LogP contribution in [-0.2, 0) is 9.59 Å². The second kappa shape index (κ2) is 3.28. The molecule has 82 valence electrons. The Morgan fingerprint density at radius 2 is 1.59 bits per heavy atom. The molecule has 1 aliphatic carbocycles. The predicted molar refractivity (Wildman–Crippen MR) is 63.7 cm³/mol. The minimum atomic E-state index is -0.840. The maximum Gasteiger partial charge on any atom is 0.267 e. The Kier molecular flexibility index (Phi) is 1.89. The number of benzene rings is 2. The van der Waals surface area contributed by atoms with Crippen molar-refractivity contribution in [3.05, 3.63) is 46.8 Å². The zero-order valence-corrected chi connectivity index (χ0v) is 8.81. The van der Waals surface area contributed by atoms with Crippen LogP contribution in [0.3, 0.4) is 0 Å². The van der Waals surface area contributed by atoms with Crippen LogP contribution in [-0.4, -0.2) is 16.7 Å². The van der Waals surface area contributed by atoms with Crippen molar-refractivity contribution in [2.75, 3.05) is 0 Å². The highest BCUT2D eigenvalue weighted by molar-refractivity contribution is 6.59. The van der Waals surface area contributed by atoms with Crippen LogP contribution in [0.4, 0.5) is 0 Å². The van der Waals surface area contributed by atoms with Crippen molar-refractivity contribution in [2.24, 2.45) is 0 Å². The smallest absolute Gasteiger partial charge is 0.267 e. The van der Waals surface area contributed by atoms with E-state index in [1.807, 2.05) is 24.3 Å². The summed E-state index contributed by atoms with van der Waals surface area (Å²) in [6.45, 7) is 0. The Morgan fingerprint density at radius 3 is 2.29 bits per heavy atom. The maximum atomic E-state index is 11.4. The summed E-state index contributed by atoms with van der Waals surface area (Å²) in [5, 5.41) is 12.6. The van der Waals surface area contributed by atoms with Gasteiger partial charge in [-0.15, -0.1) is 0 Å². The molecule has 1 N–H and O–H groups in total.